The van der Waals surface area contributed by atoms with Crippen LogP contribution in [-0.4, -0.2) is 16.5 Å². The third-order valence-electron chi connectivity index (χ3n) is 0.462. The monoisotopic (exact) mass is 128 g/mol. The second-order valence-corrected chi connectivity index (χ2v) is 1.12. The summed E-state index contributed by atoms with van der Waals surface area (Å²) in [7, 11) is 0. The summed E-state index contributed by atoms with van der Waals surface area (Å²) in [5.74, 6) is 0. The van der Waals surface area contributed by atoms with Crippen LogP contribution >= 0.6 is 0 Å². The first-order valence-electron chi connectivity index (χ1n) is 1.92. The summed E-state index contributed by atoms with van der Waals surface area (Å²) in [5, 5.41) is 16.1. The Kier molecular flexibility index (Phi) is 12.3. The van der Waals surface area contributed by atoms with E-state index < -0.39 is 6.29 Å². The molecule has 0 heterocycles. The maximum absolute atomic E-state index is 8.07. The first-order chi connectivity index (χ1) is 2.77. The summed E-state index contributed by atoms with van der Waals surface area (Å²) in [5.41, 5.74) is 0. The van der Waals surface area contributed by atoms with Crippen molar-refractivity contribution in [2.45, 2.75) is 19.1 Å². The minimum absolute atomic E-state index is 0. The van der Waals surface area contributed by atoms with E-state index in [4.69, 9.17) is 10.2 Å². The van der Waals surface area contributed by atoms with Crippen molar-refractivity contribution < 1.29 is 61.6 Å². The van der Waals surface area contributed by atoms with Gasteiger partial charge in [-0.1, -0.05) is 0 Å². The van der Waals surface area contributed by atoms with Gasteiger partial charge in [-0.3, -0.25) is 0 Å². The van der Waals surface area contributed by atoms with Gasteiger partial charge in [0.05, 0.1) is 0 Å². The Balaban J connectivity index is 0. The van der Waals surface area contributed by atoms with E-state index in [-0.39, 0.29) is 51.4 Å². The molecule has 0 unspecified atom stereocenters. The van der Waals surface area contributed by atoms with Crippen molar-refractivity contribution in [1.29, 1.82) is 0 Å². The van der Waals surface area contributed by atoms with Gasteiger partial charge in [-0.2, -0.15) is 6.42 Å². The number of hydrogen-bond donors (Lipinski definition) is 2. The molecule has 0 saturated heterocycles. The van der Waals surface area contributed by atoms with Crippen molar-refractivity contribution >= 4 is 0 Å². The van der Waals surface area contributed by atoms with Gasteiger partial charge in [0.2, 0.25) is 0 Å². The summed E-state index contributed by atoms with van der Waals surface area (Å²) >= 11 is 0. The molecule has 0 aromatic heterocycles. The van der Waals surface area contributed by atoms with Crippen LogP contribution in [0.1, 0.15) is 12.8 Å². The number of rotatable bonds is 2. The molecular formula is C4H9KO2. The normalized spacial score (nSPS) is 8.57. The molecular weight excluding hydrogens is 119 g/mol. The molecule has 0 bridgehead atoms. The molecule has 0 rings (SSSR count). The van der Waals surface area contributed by atoms with Gasteiger partial charge < -0.3 is 17.1 Å². The zero-order valence-electron chi connectivity index (χ0n) is 4.59. The largest absolute Gasteiger partial charge is 1.00 e. The third-order valence-corrected chi connectivity index (χ3v) is 0.462. The van der Waals surface area contributed by atoms with E-state index >= 15 is 0 Å². The van der Waals surface area contributed by atoms with E-state index in [2.05, 4.69) is 6.92 Å². The Morgan fingerprint density at radius 3 is 1.86 bits per heavy atom. The molecule has 0 aromatic carbocycles. The molecule has 2 nitrogen and oxygen atoms in total. The molecule has 38 valence electrons. The average molecular weight is 128 g/mol. The Bertz CT molecular complexity index is 30.9. The quantitative estimate of drug-likeness (QED) is 0.235. The van der Waals surface area contributed by atoms with E-state index in [0.717, 1.165) is 0 Å². The van der Waals surface area contributed by atoms with Crippen LogP contribution in [0.15, 0.2) is 0 Å². The van der Waals surface area contributed by atoms with Crippen LogP contribution in [0, 0.1) is 6.92 Å². The zero-order valence-corrected chi connectivity index (χ0v) is 7.72. The summed E-state index contributed by atoms with van der Waals surface area (Å²) in [6.45, 7) is 3.41. The molecule has 0 atom stereocenters. The molecule has 0 fully saturated rings. The number of hydrogen-bond acceptors (Lipinski definition) is 2. The van der Waals surface area contributed by atoms with Crippen molar-refractivity contribution in [3.05, 3.63) is 6.92 Å². The topological polar surface area (TPSA) is 40.5 Å². The predicted octanol–water partition coefficient (Wildman–Crippen LogP) is -3.08. The second kappa shape index (κ2) is 7.56. The van der Waals surface area contributed by atoms with Gasteiger partial charge in [0, 0.05) is 0 Å². The predicted molar refractivity (Wildman–Crippen MR) is 22.8 cm³/mol. The summed E-state index contributed by atoms with van der Waals surface area (Å²) < 4.78 is 0. The second-order valence-electron chi connectivity index (χ2n) is 1.12. The maximum atomic E-state index is 8.07. The van der Waals surface area contributed by atoms with Gasteiger partial charge in [0.15, 0.2) is 0 Å². The molecule has 0 aliphatic rings. The summed E-state index contributed by atoms with van der Waals surface area (Å²) in [6.07, 6.45) is -0.208. The van der Waals surface area contributed by atoms with Crippen LogP contribution in [0.3, 0.4) is 0 Å². The minimum Gasteiger partial charge on any atom is -0.368 e. The molecule has 3 heteroatoms. The molecule has 0 aromatic rings. The molecule has 0 spiro atoms. The molecule has 0 amide bonds. The van der Waals surface area contributed by atoms with Crippen molar-refractivity contribution in [3.8, 4) is 0 Å². The smallest absolute Gasteiger partial charge is 0.368 e. The summed E-state index contributed by atoms with van der Waals surface area (Å²) in [6, 6.07) is 0. The molecule has 7 heavy (non-hydrogen) atoms. The van der Waals surface area contributed by atoms with Crippen LogP contribution in [0.25, 0.3) is 0 Å². The SMILES string of the molecule is [CH2-]CCC(O)O.[K+]. The Morgan fingerprint density at radius 2 is 1.86 bits per heavy atom. The zero-order chi connectivity index (χ0) is 4.99. The number of aliphatic hydroxyl groups excluding tert-OH is 1. The van der Waals surface area contributed by atoms with Crippen LogP contribution in [0.5, 0.6) is 0 Å². The van der Waals surface area contributed by atoms with Crippen molar-refractivity contribution in [1.82, 2.24) is 0 Å². The molecule has 0 saturated carbocycles. The fourth-order valence-electron chi connectivity index (χ4n) is 0.183. The number of aliphatic hydroxyl groups is 2. The average Bonchev–Trinajstić information content (AvgIpc) is 1.35. The van der Waals surface area contributed by atoms with Gasteiger partial charge in [-0.05, 0) is 6.42 Å². The first kappa shape index (κ1) is 11.4. The van der Waals surface area contributed by atoms with Gasteiger partial charge in [-0.25, -0.2) is 0 Å². The minimum atomic E-state index is -1.16. The van der Waals surface area contributed by atoms with E-state index in [9.17, 15) is 0 Å². The fraction of sp³-hybridized carbons (Fsp3) is 0.750. The van der Waals surface area contributed by atoms with Gasteiger partial charge in [0.25, 0.3) is 0 Å². The van der Waals surface area contributed by atoms with Crippen LogP contribution in [-0.2, 0) is 0 Å². The van der Waals surface area contributed by atoms with Gasteiger partial charge in [-0.15, -0.1) is 0 Å². The van der Waals surface area contributed by atoms with Crippen molar-refractivity contribution in [2.75, 3.05) is 0 Å². The molecule has 0 aliphatic heterocycles. The molecule has 0 radical (unpaired) electrons. The van der Waals surface area contributed by atoms with E-state index in [1.807, 2.05) is 0 Å². The van der Waals surface area contributed by atoms with Gasteiger partial charge >= 0.3 is 51.4 Å². The van der Waals surface area contributed by atoms with E-state index in [1.165, 1.54) is 0 Å². The Morgan fingerprint density at radius 1 is 1.43 bits per heavy atom. The van der Waals surface area contributed by atoms with Crippen LogP contribution < -0.4 is 51.4 Å². The van der Waals surface area contributed by atoms with Crippen LogP contribution in [0.2, 0.25) is 0 Å². The van der Waals surface area contributed by atoms with Crippen LogP contribution in [0.4, 0.5) is 0 Å². The molecule has 0 aliphatic carbocycles. The fourth-order valence-corrected chi connectivity index (χ4v) is 0.183. The maximum Gasteiger partial charge on any atom is 1.00 e. The standard InChI is InChI=1S/C4H9O2.K/c1-2-3-4(5)6;/h4-6H,1-3H2;/q-1;+1. The van der Waals surface area contributed by atoms with E-state index in [1.54, 1.807) is 0 Å². The van der Waals surface area contributed by atoms with Gasteiger partial charge in [0.1, 0.15) is 6.29 Å². The Labute approximate surface area is 86.3 Å². The Hall–Kier alpha value is 1.56. The van der Waals surface area contributed by atoms with E-state index in [0.29, 0.717) is 12.8 Å². The third kappa shape index (κ3) is 11.2. The summed E-state index contributed by atoms with van der Waals surface area (Å²) in [4.78, 5) is 0. The molecule has 2 N–H and O–H groups in total. The van der Waals surface area contributed by atoms with Crippen molar-refractivity contribution in [3.63, 3.8) is 0 Å². The first-order valence-corrected chi connectivity index (χ1v) is 1.92. The van der Waals surface area contributed by atoms with Crippen molar-refractivity contribution in [2.24, 2.45) is 0 Å².